The Morgan fingerprint density at radius 1 is 1.31 bits per heavy atom. The molecule has 7 heteroatoms. The molecule has 1 aromatic carbocycles. The highest BCUT2D eigenvalue weighted by Gasteiger charge is 2.27. The van der Waals surface area contributed by atoms with E-state index in [0.29, 0.717) is 12.5 Å². The van der Waals surface area contributed by atoms with Crippen molar-refractivity contribution in [3.8, 4) is 5.75 Å². The van der Waals surface area contributed by atoms with Crippen LogP contribution in [-0.2, 0) is 22.4 Å². The van der Waals surface area contributed by atoms with Gasteiger partial charge in [-0.1, -0.05) is 18.2 Å². The molecule has 3 heterocycles. The zero-order valence-electron chi connectivity index (χ0n) is 22.0. The average molecular weight is 496 g/mol. The van der Waals surface area contributed by atoms with Crippen molar-refractivity contribution in [2.45, 2.75) is 63.9 Å². The fourth-order valence-electron chi connectivity index (χ4n) is 5.51. The van der Waals surface area contributed by atoms with E-state index >= 15 is 0 Å². The lowest BCUT2D eigenvalue weighted by atomic mass is 9.94. The van der Waals surface area contributed by atoms with Crippen molar-refractivity contribution in [1.82, 2.24) is 9.88 Å². The van der Waals surface area contributed by atoms with Crippen molar-refractivity contribution in [1.29, 1.82) is 0 Å². The van der Waals surface area contributed by atoms with Crippen LogP contribution in [-0.4, -0.2) is 66.5 Å². The van der Waals surface area contributed by atoms with Crippen molar-refractivity contribution in [3.05, 3.63) is 53.2 Å². The Bertz CT molecular complexity index is 1030. The first kappa shape index (κ1) is 26.4. The molecule has 0 aliphatic carbocycles. The average Bonchev–Trinajstić information content (AvgIpc) is 3.29. The van der Waals surface area contributed by atoms with Gasteiger partial charge in [-0.3, -0.25) is 4.79 Å². The summed E-state index contributed by atoms with van der Waals surface area (Å²) in [5.41, 5.74) is 3.05. The summed E-state index contributed by atoms with van der Waals surface area (Å²) in [6.45, 7) is 8.22. The van der Waals surface area contributed by atoms with Gasteiger partial charge in [0.1, 0.15) is 17.2 Å². The fraction of sp³-hybridized carbons (Fsp3) is 0.586. The van der Waals surface area contributed by atoms with Crippen molar-refractivity contribution in [2.75, 3.05) is 45.2 Å². The predicted octanol–water partition coefficient (Wildman–Crippen LogP) is 4.76. The Balaban J connectivity index is 1.34. The number of hydrogen-bond donors (Lipinski definition) is 2. The lowest BCUT2D eigenvalue weighted by Crippen LogP contribution is -2.33. The molecule has 1 aromatic heterocycles. The van der Waals surface area contributed by atoms with Crippen LogP contribution in [0.3, 0.4) is 0 Å². The summed E-state index contributed by atoms with van der Waals surface area (Å²) in [6.07, 6.45) is 5.66. The molecule has 0 spiro atoms. The van der Waals surface area contributed by atoms with E-state index in [9.17, 15) is 9.90 Å². The van der Waals surface area contributed by atoms with Gasteiger partial charge in [-0.2, -0.15) is 0 Å². The van der Waals surface area contributed by atoms with Crippen molar-refractivity contribution in [3.63, 3.8) is 0 Å². The molecule has 0 saturated carbocycles. The van der Waals surface area contributed by atoms with Crippen molar-refractivity contribution < 1.29 is 19.4 Å². The summed E-state index contributed by atoms with van der Waals surface area (Å²) < 4.78 is 11.4. The third kappa shape index (κ3) is 7.43. The van der Waals surface area contributed by atoms with Crippen LogP contribution in [0.15, 0.2) is 36.4 Å². The number of carboxylic acids is 1. The summed E-state index contributed by atoms with van der Waals surface area (Å²) in [7, 11) is 1.66. The molecule has 7 nitrogen and oxygen atoms in total. The summed E-state index contributed by atoms with van der Waals surface area (Å²) in [6, 6.07) is 12.3. The zero-order chi connectivity index (χ0) is 25.5. The molecule has 4 rings (SSSR count). The fourth-order valence-corrected chi connectivity index (χ4v) is 5.51. The molecule has 1 unspecified atom stereocenters. The SMILES string of the molecule is COCC(C)(C)Oc1cccc(C(CC(=O)O)CN2CC[C@@H](CCc3ccc4c(n3)NCCC4)C2)c1. The number of pyridine rings is 1. The number of hydrogen-bond acceptors (Lipinski definition) is 6. The Labute approximate surface area is 215 Å². The Kier molecular flexibility index (Phi) is 8.86. The highest BCUT2D eigenvalue weighted by atomic mass is 16.5. The summed E-state index contributed by atoms with van der Waals surface area (Å²) >= 11 is 0. The number of nitrogens with zero attached hydrogens (tertiary/aromatic N) is 2. The second-order valence-corrected chi connectivity index (χ2v) is 11.0. The van der Waals surface area contributed by atoms with E-state index in [1.54, 1.807) is 7.11 Å². The number of fused-ring (bicyclic) bond motifs is 1. The van der Waals surface area contributed by atoms with E-state index in [-0.39, 0.29) is 12.3 Å². The summed E-state index contributed by atoms with van der Waals surface area (Å²) in [5.74, 6) is 1.58. The third-order valence-electron chi connectivity index (χ3n) is 7.25. The number of likely N-dealkylation sites (tertiary alicyclic amines) is 1. The molecule has 2 aliphatic heterocycles. The first-order valence-corrected chi connectivity index (χ1v) is 13.3. The van der Waals surface area contributed by atoms with E-state index in [1.807, 2.05) is 38.1 Å². The monoisotopic (exact) mass is 495 g/mol. The maximum atomic E-state index is 11.7. The van der Waals surface area contributed by atoms with Gasteiger partial charge in [0.2, 0.25) is 0 Å². The quantitative estimate of drug-likeness (QED) is 0.439. The Hall–Kier alpha value is -2.64. The van der Waals surface area contributed by atoms with Gasteiger partial charge in [0, 0.05) is 38.4 Å². The maximum absolute atomic E-state index is 11.7. The lowest BCUT2D eigenvalue weighted by molar-refractivity contribution is -0.137. The molecule has 2 atom stereocenters. The second-order valence-electron chi connectivity index (χ2n) is 11.0. The molecule has 2 aliphatic rings. The van der Waals surface area contributed by atoms with Crippen LogP contribution in [0.5, 0.6) is 5.75 Å². The van der Waals surface area contributed by atoms with Crippen LogP contribution < -0.4 is 10.1 Å². The second kappa shape index (κ2) is 12.1. The topological polar surface area (TPSA) is 83.9 Å². The third-order valence-corrected chi connectivity index (χ3v) is 7.25. The molecule has 1 fully saturated rings. The van der Waals surface area contributed by atoms with E-state index in [0.717, 1.165) is 69.0 Å². The van der Waals surface area contributed by atoms with Crippen LogP contribution in [0, 0.1) is 5.92 Å². The van der Waals surface area contributed by atoms with Crippen LogP contribution in [0.25, 0.3) is 0 Å². The van der Waals surface area contributed by atoms with Gasteiger partial charge >= 0.3 is 5.97 Å². The molecule has 36 heavy (non-hydrogen) atoms. The molecule has 0 radical (unpaired) electrons. The number of carboxylic acid groups (broad SMARTS) is 1. The smallest absolute Gasteiger partial charge is 0.304 e. The van der Waals surface area contributed by atoms with Gasteiger partial charge in [-0.25, -0.2) is 4.98 Å². The van der Waals surface area contributed by atoms with Gasteiger partial charge in [0.25, 0.3) is 0 Å². The standard InChI is InChI=1S/C29H41N3O4/c1-29(2,20-35-3)36-26-8-4-6-23(16-26)24(17-27(33)34)19-32-15-13-21(18-32)9-11-25-12-10-22-7-5-14-30-28(22)31-25/h4,6,8,10,12,16,21,24H,5,7,9,11,13-15,17-20H2,1-3H3,(H,30,31)(H,33,34)/t21-,24?/m1/s1. The molecule has 1 saturated heterocycles. The molecule has 0 amide bonds. The molecule has 2 aromatic rings. The number of anilines is 1. The molecule has 196 valence electrons. The van der Waals surface area contributed by atoms with E-state index in [1.165, 1.54) is 17.7 Å². The minimum atomic E-state index is -0.770. The maximum Gasteiger partial charge on any atom is 0.304 e. The summed E-state index contributed by atoms with van der Waals surface area (Å²) in [5, 5.41) is 13.0. The normalized spacial score (nSPS) is 18.9. The molecular formula is C29H41N3O4. The van der Waals surface area contributed by atoms with Crippen LogP contribution >= 0.6 is 0 Å². The minimum Gasteiger partial charge on any atom is -0.485 e. The van der Waals surface area contributed by atoms with Gasteiger partial charge in [-0.15, -0.1) is 0 Å². The zero-order valence-corrected chi connectivity index (χ0v) is 22.0. The number of nitrogens with one attached hydrogen (secondary N) is 1. The highest BCUT2D eigenvalue weighted by molar-refractivity contribution is 5.68. The number of aliphatic carboxylic acids is 1. The lowest BCUT2D eigenvalue weighted by Gasteiger charge is -2.27. The Morgan fingerprint density at radius 2 is 2.17 bits per heavy atom. The van der Waals surface area contributed by atoms with Gasteiger partial charge in [0.15, 0.2) is 0 Å². The highest BCUT2D eigenvalue weighted by Crippen LogP contribution is 2.30. The Morgan fingerprint density at radius 3 is 2.97 bits per heavy atom. The number of methoxy groups -OCH3 is 1. The predicted molar refractivity (Wildman–Crippen MR) is 142 cm³/mol. The van der Waals surface area contributed by atoms with Crippen LogP contribution in [0.4, 0.5) is 5.82 Å². The largest absolute Gasteiger partial charge is 0.485 e. The molecule has 2 N–H and O–H groups in total. The van der Waals surface area contributed by atoms with Crippen LogP contribution in [0.2, 0.25) is 0 Å². The number of benzene rings is 1. The number of ether oxygens (including phenoxy) is 2. The van der Waals surface area contributed by atoms with Crippen LogP contribution in [0.1, 0.15) is 62.3 Å². The molecule has 0 bridgehead atoms. The van der Waals surface area contributed by atoms with Gasteiger partial charge < -0.3 is 24.8 Å². The van der Waals surface area contributed by atoms with E-state index in [2.05, 4.69) is 22.3 Å². The summed E-state index contributed by atoms with van der Waals surface area (Å²) in [4.78, 5) is 19.0. The van der Waals surface area contributed by atoms with E-state index < -0.39 is 11.6 Å². The first-order valence-electron chi connectivity index (χ1n) is 13.3. The number of carbonyl (C=O) groups is 1. The number of aromatic nitrogens is 1. The van der Waals surface area contributed by atoms with Gasteiger partial charge in [0.05, 0.1) is 13.0 Å². The number of rotatable bonds is 12. The van der Waals surface area contributed by atoms with E-state index in [4.69, 9.17) is 14.5 Å². The van der Waals surface area contributed by atoms with Gasteiger partial charge in [-0.05, 0) is 87.7 Å². The number of aryl methyl sites for hydroxylation is 2. The van der Waals surface area contributed by atoms with Crippen molar-refractivity contribution >= 4 is 11.8 Å². The minimum absolute atomic E-state index is 0.0799. The van der Waals surface area contributed by atoms with Crippen molar-refractivity contribution in [2.24, 2.45) is 5.92 Å². The first-order chi connectivity index (χ1) is 17.3. The molecular weight excluding hydrogens is 454 g/mol.